The number of piperazine rings is 1. The van der Waals surface area contributed by atoms with Gasteiger partial charge in [-0.05, 0) is 32.5 Å². The van der Waals surface area contributed by atoms with E-state index in [9.17, 15) is 9.59 Å². The predicted octanol–water partition coefficient (Wildman–Crippen LogP) is 2.45. The van der Waals surface area contributed by atoms with Gasteiger partial charge in [-0.1, -0.05) is 19.1 Å². The Balaban J connectivity index is 1.99. The molecule has 1 aromatic carbocycles. The number of nitrogens with zero attached hydrogens (tertiary/aromatic N) is 2. The Hall–Kier alpha value is -1.88. The number of urea groups is 1. The van der Waals surface area contributed by atoms with Crippen molar-refractivity contribution >= 4 is 17.5 Å². The minimum atomic E-state index is -0.0988. The lowest BCUT2D eigenvalue weighted by atomic mass is 10.1. The summed E-state index contributed by atoms with van der Waals surface area (Å²) in [4.78, 5) is 27.9. The zero-order valence-corrected chi connectivity index (χ0v) is 12.9. The third-order valence-corrected chi connectivity index (χ3v) is 3.98. The summed E-state index contributed by atoms with van der Waals surface area (Å²) in [5.41, 5.74) is 1.27. The molecule has 0 spiro atoms. The van der Waals surface area contributed by atoms with Crippen molar-refractivity contribution in [2.75, 3.05) is 31.5 Å². The van der Waals surface area contributed by atoms with Crippen molar-refractivity contribution < 1.29 is 9.59 Å². The Morgan fingerprint density at radius 1 is 1.33 bits per heavy atom. The third-order valence-electron chi connectivity index (χ3n) is 3.98. The van der Waals surface area contributed by atoms with Crippen LogP contribution in [0.2, 0.25) is 0 Å². The summed E-state index contributed by atoms with van der Waals surface area (Å²) in [6.45, 7) is 9.17. The van der Waals surface area contributed by atoms with E-state index < -0.39 is 0 Å². The molecule has 1 unspecified atom stereocenters. The topological polar surface area (TPSA) is 52.6 Å². The standard InChI is InChI=1S/C16H23N3O2/c1-4-18-8-9-19(11-12(18)2)16(21)17-15-7-5-6-14(10-15)13(3)20/h5-7,10,12H,4,8-9,11H2,1-3H3,(H,17,21). The number of nitrogens with one attached hydrogen (secondary N) is 1. The van der Waals surface area contributed by atoms with E-state index in [1.807, 2.05) is 4.90 Å². The van der Waals surface area contributed by atoms with E-state index in [1.165, 1.54) is 6.92 Å². The molecule has 1 heterocycles. The van der Waals surface area contributed by atoms with Crippen molar-refractivity contribution in [3.05, 3.63) is 29.8 Å². The lowest BCUT2D eigenvalue weighted by Crippen LogP contribution is -2.54. The van der Waals surface area contributed by atoms with Gasteiger partial charge in [-0.25, -0.2) is 4.79 Å². The quantitative estimate of drug-likeness (QED) is 0.870. The number of likely N-dealkylation sites (N-methyl/N-ethyl adjacent to an activating group) is 1. The molecule has 1 N–H and O–H groups in total. The number of rotatable bonds is 3. The SMILES string of the molecule is CCN1CCN(C(=O)Nc2cccc(C(C)=O)c2)CC1C. The summed E-state index contributed by atoms with van der Waals surface area (Å²) in [6, 6.07) is 7.32. The number of anilines is 1. The minimum Gasteiger partial charge on any atom is -0.322 e. The van der Waals surface area contributed by atoms with Crippen LogP contribution in [0.5, 0.6) is 0 Å². The van der Waals surface area contributed by atoms with Crippen molar-refractivity contribution in [2.45, 2.75) is 26.8 Å². The number of Topliss-reactive ketones (excluding diaryl/α,β-unsaturated/α-hetero) is 1. The number of hydrogen-bond donors (Lipinski definition) is 1. The highest BCUT2D eigenvalue weighted by Crippen LogP contribution is 2.14. The van der Waals surface area contributed by atoms with Gasteiger partial charge in [0.25, 0.3) is 0 Å². The van der Waals surface area contributed by atoms with Crippen LogP contribution in [0.3, 0.4) is 0 Å². The van der Waals surface area contributed by atoms with Gasteiger partial charge >= 0.3 is 6.03 Å². The Morgan fingerprint density at radius 2 is 2.10 bits per heavy atom. The fourth-order valence-electron chi connectivity index (χ4n) is 2.67. The van der Waals surface area contributed by atoms with Gasteiger partial charge in [-0.3, -0.25) is 9.69 Å². The van der Waals surface area contributed by atoms with E-state index in [0.29, 0.717) is 17.3 Å². The molecule has 0 aromatic heterocycles. The Bertz CT molecular complexity index is 530. The summed E-state index contributed by atoms with van der Waals surface area (Å²) in [6.07, 6.45) is 0. The molecule has 0 bridgehead atoms. The fourth-order valence-corrected chi connectivity index (χ4v) is 2.67. The van der Waals surface area contributed by atoms with E-state index in [1.54, 1.807) is 24.3 Å². The third kappa shape index (κ3) is 3.82. The molecule has 21 heavy (non-hydrogen) atoms. The molecule has 2 amide bonds. The van der Waals surface area contributed by atoms with Crippen LogP contribution in [0, 0.1) is 0 Å². The molecule has 1 fully saturated rings. The Morgan fingerprint density at radius 3 is 2.71 bits per heavy atom. The lowest BCUT2D eigenvalue weighted by molar-refractivity contribution is 0.101. The van der Waals surface area contributed by atoms with Gasteiger partial charge in [0.2, 0.25) is 0 Å². The molecule has 1 aromatic rings. The van der Waals surface area contributed by atoms with Gasteiger partial charge in [0.1, 0.15) is 0 Å². The first-order valence-corrected chi connectivity index (χ1v) is 7.42. The normalized spacial score (nSPS) is 19.4. The minimum absolute atomic E-state index is 0.00344. The van der Waals surface area contributed by atoms with Crippen molar-refractivity contribution in [3.8, 4) is 0 Å². The van der Waals surface area contributed by atoms with Crippen molar-refractivity contribution in [1.82, 2.24) is 9.80 Å². The molecule has 1 aliphatic heterocycles. The molecule has 0 saturated carbocycles. The van der Waals surface area contributed by atoms with Crippen LogP contribution in [-0.4, -0.2) is 53.8 Å². The maximum atomic E-state index is 12.3. The highest BCUT2D eigenvalue weighted by atomic mass is 16.2. The summed E-state index contributed by atoms with van der Waals surface area (Å²) in [5, 5.41) is 2.88. The molecular weight excluding hydrogens is 266 g/mol. The van der Waals surface area contributed by atoms with E-state index >= 15 is 0 Å². The highest BCUT2D eigenvalue weighted by molar-refractivity contribution is 5.96. The molecule has 0 radical (unpaired) electrons. The largest absolute Gasteiger partial charge is 0.322 e. The second-order valence-electron chi connectivity index (χ2n) is 5.49. The van der Waals surface area contributed by atoms with Crippen LogP contribution in [0.1, 0.15) is 31.1 Å². The molecule has 5 heteroatoms. The second kappa shape index (κ2) is 6.72. The van der Waals surface area contributed by atoms with Gasteiger partial charge < -0.3 is 10.2 Å². The first-order valence-electron chi connectivity index (χ1n) is 7.42. The fraction of sp³-hybridized carbons (Fsp3) is 0.500. The van der Waals surface area contributed by atoms with Crippen LogP contribution >= 0.6 is 0 Å². The van der Waals surface area contributed by atoms with Gasteiger partial charge in [0, 0.05) is 36.9 Å². The highest BCUT2D eigenvalue weighted by Gasteiger charge is 2.25. The monoisotopic (exact) mass is 289 g/mol. The molecule has 5 nitrogen and oxygen atoms in total. The Kier molecular flexibility index (Phi) is 4.96. The maximum Gasteiger partial charge on any atom is 0.321 e. The zero-order chi connectivity index (χ0) is 15.4. The number of carbonyl (C=O) groups is 2. The van der Waals surface area contributed by atoms with E-state index in [-0.39, 0.29) is 11.8 Å². The summed E-state index contributed by atoms with van der Waals surface area (Å²) in [5.74, 6) is -0.00344. The molecule has 1 atom stereocenters. The summed E-state index contributed by atoms with van der Waals surface area (Å²) >= 11 is 0. The molecule has 114 valence electrons. The van der Waals surface area contributed by atoms with E-state index in [4.69, 9.17) is 0 Å². The zero-order valence-electron chi connectivity index (χ0n) is 12.9. The van der Waals surface area contributed by atoms with Crippen molar-refractivity contribution in [2.24, 2.45) is 0 Å². The van der Waals surface area contributed by atoms with Gasteiger partial charge in [-0.15, -0.1) is 0 Å². The molecular formula is C16H23N3O2. The number of carbonyl (C=O) groups excluding carboxylic acids is 2. The maximum absolute atomic E-state index is 12.3. The predicted molar refractivity (Wildman–Crippen MR) is 83.7 cm³/mol. The number of benzene rings is 1. The van der Waals surface area contributed by atoms with Crippen LogP contribution < -0.4 is 5.32 Å². The number of amides is 2. The lowest BCUT2D eigenvalue weighted by Gasteiger charge is -2.39. The van der Waals surface area contributed by atoms with Crippen LogP contribution in [0.15, 0.2) is 24.3 Å². The first kappa shape index (κ1) is 15.5. The van der Waals surface area contributed by atoms with Crippen LogP contribution in [0.4, 0.5) is 10.5 Å². The second-order valence-corrected chi connectivity index (χ2v) is 5.49. The van der Waals surface area contributed by atoms with E-state index in [2.05, 4.69) is 24.1 Å². The molecule has 0 aliphatic carbocycles. The molecule has 1 aliphatic rings. The van der Waals surface area contributed by atoms with Gasteiger partial charge in [0.05, 0.1) is 0 Å². The molecule has 1 saturated heterocycles. The van der Waals surface area contributed by atoms with Gasteiger partial charge in [0.15, 0.2) is 5.78 Å². The van der Waals surface area contributed by atoms with Crippen molar-refractivity contribution in [1.29, 1.82) is 0 Å². The summed E-state index contributed by atoms with van der Waals surface area (Å²) < 4.78 is 0. The molecule has 2 rings (SSSR count). The van der Waals surface area contributed by atoms with E-state index in [0.717, 1.165) is 26.2 Å². The number of ketones is 1. The smallest absolute Gasteiger partial charge is 0.321 e. The van der Waals surface area contributed by atoms with Crippen molar-refractivity contribution in [3.63, 3.8) is 0 Å². The average Bonchev–Trinajstić information content (AvgIpc) is 2.47. The first-order chi connectivity index (χ1) is 10.0. The summed E-state index contributed by atoms with van der Waals surface area (Å²) in [7, 11) is 0. The van der Waals surface area contributed by atoms with Crippen LogP contribution in [-0.2, 0) is 0 Å². The van der Waals surface area contributed by atoms with Crippen LogP contribution in [0.25, 0.3) is 0 Å². The Labute approximate surface area is 125 Å². The number of hydrogen-bond acceptors (Lipinski definition) is 3. The average molecular weight is 289 g/mol. The van der Waals surface area contributed by atoms with Gasteiger partial charge in [-0.2, -0.15) is 0 Å².